The average molecular weight is 226 g/mol. The summed E-state index contributed by atoms with van der Waals surface area (Å²) in [6.07, 6.45) is 3.74. The molecule has 0 aliphatic carbocycles. The largest absolute Gasteiger partial charge is 0.383 e. The van der Waals surface area contributed by atoms with Gasteiger partial charge in [-0.1, -0.05) is 13.8 Å². The number of nitrogens with one attached hydrogen (secondary N) is 1. The zero-order valence-electron chi connectivity index (χ0n) is 10.4. The highest BCUT2D eigenvalue weighted by molar-refractivity contribution is 4.84. The van der Waals surface area contributed by atoms with Crippen molar-refractivity contribution in [2.24, 2.45) is 0 Å². The maximum atomic E-state index is 5.14. The van der Waals surface area contributed by atoms with Crippen molar-refractivity contribution in [3.63, 3.8) is 0 Å². The van der Waals surface area contributed by atoms with Crippen LogP contribution in [0.25, 0.3) is 0 Å². The zero-order chi connectivity index (χ0) is 11.8. The van der Waals surface area contributed by atoms with Crippen molar-refractivity contribution >= 4 is 0 Å². The number of nitrogens with zero attached hydrogens (tertiary/aromatic N) is 3. The lowest BCUT2D eigenvalue weighted by Crippen LogP contribution is -2.33. The van der Waals surface area contributed by atoms with E-state index in [0.29, 0.717) is 6.04 Å². The second-order valence-corrected chi connectivity index (χ2v) is 3.84. The third-order valence-electron chi connectivity index (χ3n) is 2.54. The lowest BCUT2D eigenvalue weighted by molar-refractivity contribution is 0.163. The molecule has 0 aliphatic heterocycles. The Hall–Kier alpha value is -0.940. The number of aryl methyl sites for hydroxylation is 1. The predicted octanol–water partition coefficient (Wildman–Crippen LogP) is 1.20. The van der Waals surface area contributed by atoms with Crippen molar-refractivity contribution in [2.45, 2.75) is 45.8 Å². The first-order valence-electron chi connectivity index (χ1n) is 5.90. The van der Waals surface area contributed by atoms with E-state index in [0.717, 1.165) is 38.4 Å². The molecule has 0 bridgehead atoms. The highest BCUT2D eigenvalue weighted by atomic mass is 16.5. The summed E-state index contributed by atoms with van der Waals surface area (Å²) in [5, 5.41) is 7.61. The predicted molar refractivity (Wildman–Crippen MR) is 63.1 cm³/mol. The Labute approximate surface area is 97.2 Å². The van der Waals surface area contributed by atoms with E-state index in [1.54, 1.807) is 13.4 Å². The maximum absolute atomic E-state index is 5.14. The first kappa shape index (κ1) is 13.1. The molecule has 1 rings (SSSR count). The van der Waals surface area contributed by atoms with E-state index < -0.39 is 0 Å². The molecule has 0 saturated carbocycles. The molecule has 1 heterocycles. The number of ether oxygens (including phenoxy) is 1. The molecule has 0 spiro atoms. The average Bonchev–Trinajstić information content (AvgIpc) is 2.72. The van der Waals surface area contributed by atoms with Crippen LogP contribution in [0, 0.1) is 0 Å². The summed E-state index contributed by atoms with van der Waals surface area (Å²) in [4.78, 5) is 4.25. The number of hydrogen-bond acceptors (Lipinski definition) is 4. The van der Waals surface area contributed by atoms with Crippen LogP contribution < -0.4 is 5.32 Å². The van der Waals surface area contributed by atoms with E-state index in [-0.39, 0.29) is 0 Å². The molecule has 0 aromatic carbocycles. The summed E-state index contributed by atoms with van der Waals surface area (Å²) in [5.74, 6) is 0.997. The number of hydrogen-bond donors (Lipinski definition) is 1. The fourth-order valence-corrected chi connectivity index (χ4v) is 1.58. The van der Waals surface area contributed by atoms with Crippen LogP contribution >= 0.6 is 0 Å². The lowest BCUT2D eigenvalue weighted by atomic mass is 10.2. The molecule has 1 aromatic rings. The molecule has 1 unspecified atom stereocenters. The van der Waals surface area contributed by atoms with Crippen molar-refractivity contribution in [1.29, 1.82) is 0 Å². The highest BCUT2D eigenvalue weighted by Gasteiger charge is 2.08. The van der Waals surface area contributed by atoms with Crippen molar-refractivity contribution in [2.75, 3.05) is 13.7 Å². The summed E-state index contributed by atoms with van der Waals surface area (Å²) >= 11 is 0. The van der Waals surface area contributed by atoms with E-state index in [1.807, 2.05) is 4.68 Å². The van der Waals surface area contributed by atoms with E-state index in [9.17, 15) is 0 Å². The number of methoxy groups -OCH3 is 1. The first-order chi connectivity index (χ1) is 7.81. The summed E-state index contributed by atoms with van der Waals surface area (Å²) in [6.45, 7) is 6.70. The quantitative estimate of drug-likeness (QED) is 0.723. The van der Waals surface area contributed by atoms with Gasteiger partial charge in [0.05, 0.1) is 13.2 Å². The van der Waals surface area contributed by atoms with Crippen LogP contribution in [0.3, 0.4) is 0 Å². The standard InChI is InChI=1S/C11H22N4O/c1-4-6-15-11(13-9-14-15)7-12-10(5-2)8-16-3/h9-10,12H,4-8H2,1-3H3. The Morgan fingerprint density at radius 2 is 2.31 bits per heavy atom. The van der Waals surface area contributed by atoms with Crippen LogP contribution in [0.1, 0.15) is 32.5 Å². The molecule has 0 radical (unpaired) electrons. The van der Waals surface area contributed by atoms with Gasteiger partial charge in [-0.2, -0.15) is 5.10 Å². The molecule has 0 saturated heterocycles. The van der Waals surface area contributed by atoms with E-state index in [1.165, 1.54) is 0 Å². The Balaban J connectivity index is 2.43. The van der Waals surface area contributed by atoms with Gasteiger partial charge in [0.2, 0.25) is 0 Å². The number of rotatable bonds is 8. The highest BCUT2D eigenvalue weighted by Crippen LogP contribution is 1.98. The van der Waals surface area contributed by atoms with Crippen LogP contribution in [0.5, 0.6) is 0 Å². The fourth-order valence-electron chi connectivity index (χ4n) is 1.58. The minimum absolute atomic E-state index is 0.386. The van der Waals surface area contributed by atoms with Gasteiger partial charge in [-0.3, -0.25) is 0 Å². The Kier molecular flexibility index (Phi) is 6.03. The van der Waals surface area contributed by atoms with E-state index in [4.69, 9.17) is 4.74 Å². The van der Waals surface area contributed by atoms with Gasteiger partial charge in [-0.25, -0.2) is 9.67 Å². The number of aromatic nitrogens is 3. The second-order valence-electron chi connectivity index (χ2n) is 3.84. The lowest BCUT2D eigenvalue weighted by Gasteiger charge is -2.15. The van der Waals surface area contributed by atoms with Crippen molar-refractivity contribution < 1.29 is 4.74 Å². The van der Waals surface area contributed by atoms with Crippen LogP contribution in [-0.4, -0.2) is 34.5 Å². The summed E-state index contributed by atoms with van der Waals surface area (Å²) < 4.78 is 7.09. The Morgan fingerprint density at radius 1 is 1.50 bits per heavy atom. The first-order valence-corrected chi connectivity index (χ1v) is 5.90. The molecule has 0 amide bonds. The van der Waals surface area contributed by atoms with Crippen molar-refractivity contribution in [1.82, 2.24) is 20.1 Å². The summed E-state index contributed by atoms with van der Waals surface area (Å²) in [7, 11) is 1.73. The van der Waals surface area contributed by atoms with Gasteiger partial charge in [0.15, 0.2) is 0 Å². The SMILES string of the molecule is CCCn1ncnc1CNC(CC)COC. The Bertz CT molecular complexity index is 287. The Morgan fingerprint density at radius 3 is 2.94 bits per heavy atom. The molecular weight excluding hydrogens is 204 g/mol. The van der Waals surface area contributed by atoms with Crippen LogP contribution in [0.2, 0.25) is 0 Å². The molecule has 92 valence electrons. The molecular formula is C11H22N4O. The third kappa shape index (κ3) is 3.90. The monoisotopic (exact) mass is 226 g/mol. The van der Waals surface area contributed by atoms with Crippen LogP contribution in [-0.2, 0) is 17.8 Å². The molecule has 0 fully saturated rings. The van der Waals surface area contributed by atoms with E-state index >= 15 is 0 Å². The van der Waals surface area contributed by atoms with Crippen LogP contribution in [0.15, 0.2) is 6.33 Å². The summed E-state index contributed by atoms with van der Waals surface area (Å²) in [6, 6.07) is 0.386. The van der Waals surface area contributed by atoms with Gasteiger partial charge in [-0.15, -0.1) is 0 Å². The molecule has 0 aliphatic rings. The van der Waals surface area contributed by atoms with Crippen LogP contribution in [0.4, 0.5) is 0 Å². The molecule has 5 heteroatoms. The third-order valence-corrected chi connectivity index (χ3v) is 2.54. The second kappa shape index (κ2) is 7.35. The minimum Gasteiger partial charge on any atom is -0.383 e. The summed E-state index contributed by atoms with van der Waals surface area (Å²) in [5.41, 5.74) is 0. The van der Waals surface area contributed by atoms with Gasteiger partial charge in [-0.05, 0) is 12.8 Å². The topological polar surface area (TPSA) is 52.0 Å². The molecule has 5 nitrogen and oxygen atoms in total. The smallest absolute Gasteiger partial charge is 0.140 e. The van der Waals surface area contributed by atoms with Gasteiger partial charge in [0.25, 0.3) is 0 Å². The van der Waals surface area contributed by atoms with Gasteiger partial charge in [0.1, 0.15) is 12.2 Å². The van der Waals surface area contributed by atoms with Crippen molar-refractivity contribution in [3.8, 4) is 0 Å². The maximum Gasteiger partial charge on any atom is 0.140 e. The van der Waals surface area contributed by atoms with E-state index in [2.05, 4.69) is 29.2 Å². The fraction of sp³-hybridized carbons (Fsp3) is 0.818. The minimum atomic E-state index is 0.386. The molecule has 1 N–H and O–H groups in total. The molecule has 1 atom stereocenters. The van der Waals surface area contributed by atoms with Gasteiger partial charge in [0, 0.05) is 19.7 Å². The van der Waals surface area contributed by atoms with Crippen molar-refractivity contribution in [3.05, 3.63) is 12.2 Å². The van der Waals surface area contributed by atoms with Gasteiger partial charge >= 0.3 is 0 Å². The normalized spacial score (nSPS) is 12.9. The zero-order valence-corrected chi connectivity index (χ0v) is 10.4. The molecule has 1 aromatic heterocycles. The molecule has 16 heavy (non-hydrogen) atoms. The van der Waals surface area contributed by atoms with Gasteiger partial charge < -0.3 is 10.1 Å².